The van der Waals surface area contributed by atoms with Gasteiger partial charge in [-0.3, -0.25) is 0 Å². The van der Waals surface area contributed by atoms with Gasteiger partial charge in [0.25, 0.3) is 0 Å². The summed E-state index contributed by atoms with van der Waals surface area (Å²) in [6, 6.07) is 2.92. The first-order chi connectivity index (χ1) is 7.50. The first-order valence-corrected chi connectivity index (χ1v) is 6.79. The average Bonchev–Trinajstić information content (AvgIpc) is 2.51. The minimum atomic E-state index is 0.631. The number of hydrogen-bond donors (Lipinski definition) is 1. The number of nitrogens with zero attached hydrogens (tertiary/aromatic N) is 1. The van der Waals surface area contributed by atoms with Crippen molar-refractivity contribution < 1.29 is 0 Å². The van der Waals surface area contributed by atoms with Crippen molar-refractivity contribution in [1.82, 2.24) is 10.2 Å². The van der Waals surface area contributed by atoms with Crippen LogP contribution >= 0.6 is 11.3 Å². The van der Waals surface area contributed by atoms with Crippen molar-refractivity contribution in [2.75, 3.05) is 20.1 Å². The highest BCUT2D eigenvalue weighted by Gasteiger charge is 2.04. The molecule has 2 nitrogen and oxygen atoms in total. The highest BCUT2D eigenvalue weighted by molar-refractivity contribution is 7.12. The molecule has 3 heteroatoms. The van der Waals surface area contributed by atoms with E-state index in [9.17, 15) is 0 Å². The highest BCUT2D eigenvalue weighted by Crippen LogP contribution is 2.19. The van der Waals surface area contributed by atoms with Gasteiger partial charge in [-0.05, 0) is 46.4 Å². The summed E-state index contributed by atoms with van der Waals surface area (Å²) >= 11 is 1.89. The molecule has 1 N–H and O–H groups in total. The molecule has 0 aliphatic carbocycles. The Morgan fingerprint density at radius 2 is 2.06 bits per heavy atom. The zero-order valence-corrected chi connectivity index (χ0v) is 11.9. The Bertz CT molecular complexity index is 318. The molecule has 0 radical (unpaired) electrons. The minimum Gasteiger partial charge on any atom is -0.311 e. The molecule has 0 spiro atoms. The molecule has 1 heterocycles. The molecule has 1 aromatic heterocycles. The second-order valence-electron chi connectivity index (χ2n) is 4.69. The maximum atomic E-state index is 3.51. The van der Waals surface area contributed by atoms with E-state index in [1.807, 2.05) is 11.3 Å². The lowest BCUT2D eigenvalue weighted by Gasteiger charge is -2.20. The van der Waals surface area contributed by atoms with Gasteiger partial charge in [0.05, 0.1) is 0 Å². The fourth-order valence-electron chi connectivity index (χ4n) is 1.60. The smallest absolute Gasteiger partial charge is 0.0217 e. The number of nitrogens with one attached hydrogen (secondary N) is 1. The van der Waals surface area contributed by atoms with Gasteiger partial charge in [0, 0.05) is 35.4 Å². The molecular formula is C13H24N2S. The van der Waals surface area contributed by atoms with Crippen molar-refractivity contribution in [2.45, 2.75) is 40.3 Å². The summed E-state index contributed by atoms with van der Waals surface area (Å²) in [5, 5.41) is 3.51. The first kappa shape index (κ1) is 13.7. The summed E-state index contributed by atoms with van der Waals surface area (Å²) in [4.78, 5) is 5.22. The molecule has 0 bridgehead atoms. The first-order valence-electron chi connectivity index (χ1n) is 5.97. The van der Waals surface area contributed by atoms with Gasteiger partial charge in [-0.2, -0.15) is 0 Å². The van der Waals surface area contributed by atoms with E-state index in [-0.39, 0.29) is 0 Å². The van der Waals surface area contributed by atoms with Crippen LogP contribution in [0.2, 0.25) is 0 Å². The molecule has 0 aliphatic rings. The lowest BCUT2D eigenvalue weighted by Crippen LogP contribution is -2.33. The quantitative estimate of drug-likeness (QED) is 0.769. The van der Waals surface area contributed by atoms with Crippen LogP contribution < -0.4 is 5.32 Å². The van der Waals surface area contributed by atoms with Crippen molar-refractivity contribution in [3.05, 3.63) is 21.4 Å². The Morgan fingerprint density at radius 3 is 2.56 bits per heavy atom. The van der Waals surface area contributed by atoms with Crippen molar-refractivity contribution in [3.63, 3.8) is 0 Å². The molecule has 0 fully saturated rings. The van der Waals surface area contributed by atoms with Crippen molar-refractivity contribution in [3.8, 4) is 0 Å². The fraction of sp³-hybridized carbons (Fsp3) is 0.692. The average molecular weight is 240 g/mol. The van der Waals surface area contributed by atoms with Gasteiger partial charge in [0.2, 0.25) is 0 Å². The lowest BCUT2D eigenvalue weighted by molar-refractivity contribution is 0.273. The molecule has 16 heavy (non-hydrogen) atoms. The second kappa shape index (κ2) is 6.38. The van der Waals surface area contributed by atoms with E-state index < -0.39 is 0 Å². The Balaban J connectivity index is 2.23. The van der Waals surface area contributed by atoms with Gasteiger partial charge in [-0.1, -0.05) is 0 Å². The largest absolute Gasteiger partial charge is 0.311 e. The topological polar surface area (TPSA) is 15.3 Å². The van der Waals surface area contributed by atoms with E-state index in [1.54, 1.807) is 0 Å². The van der Waals surface area contributed by atoms with E-state index in [2.05, 4.69) is 51.0 Å². The highest BCUT2D eigenvalue weighted by atomic mass is 32.1. The molecular weight excluding hydrogens is 216 g/mol. The summed E-state index contributed by atoms with van der Waals surface area (Å²) in [7, 11) is 2.17. The normalized spacial score (nSPS) is 11.7. The van der Waals surface area contributed by atoms with Crippen molar-refractivity contribution in [1.29, 1.82) is 0 Å². The summed E-state index contributed by atoms with van der Waals surface area (Å²) in [6.45, 7) is 12.0. The van der Waals surface area contributed by atoms with E-state index in [1.165, 1.54) is 15.3 Å². The second-order valence-corrected chi connectivity index (χ2v) is 6.15. The van der Waals surface area contributed by atoms with Gasteiger partial charge in [0.15, 0.2) is 0 Å². The summed E-state index contributed by atoms with van der Waals surface area (Å²) in [5.41, 5.74) is 1.45. The predicted octanol–water partition coefficient (Wildman–Crippen LogP) is 2.79. The maximum absolute atomic E-state index is 3.51. The Kier molecular flexibility index (Phi) is 5.46. The molecule has 0 saturated carbocycles. The van der Waals surface area contributed by atoms with Crippen LogP contribution in [0.15, 0.2) is 6.07 Å². The maximum Gasteiger partial charge on any atom is 0.0217 e. The number of likely N-dealkylation sites (N-methyl/N-ethyl adjacent to an activating group) is 1. The zero-order valence-electron chi connectivity index (χ0n) is 11.1. The predicted molar refractivity (Wildman–Crippen MR) is 73.3 cm³/mol. The van der Waals surface area contributed by atoms with Crippen LogP contribution in [-0.2, 0) is 6.54 Å². The SMILES string of the molecule is Cc1cc(CNCCN(C)C(C)C)c(C)s1. The number of hydrogen-bond acceptors (Lipinski definition) is 3. The lowest BCUT2D eigenvalue weighted by atomic mass is 10.2. The van der Waals surface area contributed by atoms with Crippen LogP contribution in [0.4, 0.5) is 0 Å². The third-order valence-corrected chi connectivity index (χ3v) is 3.99. The van der Waals surface area contributed by atoms with Crippen LogP contribution in [0.3, 0.4) is 0 Å². The van der Waals surface area contributed by atoms with E-state index in [0.29, 0.717) is 6.04 Å². The summed E-state index contributed by atoms with van der Waals surface area (Å²) < 4.78 is 0. The van der Waals surface area contributed by atoms with Crippen LogP contribution in [-0.4, -0.2) is 31.1 Å². The van der Waals surface area contributed by atoms with Gasteiger partial charge in [-0.15, -0.1) is 11.3 Å². The number of thiophene rings is 1. The standard InChI is InChI=1S/C13H24N2S/c1-10(2)15(5)7-6-14-9-13-8-11(3)16-12(13)4/h8,10,14H,6-7,9H2,1-5H3. The van der Waals surface area contributed by atoms with Crippen molar-refractivity contribution in [2.24, 2.45) is 0 Å². The Morgan fingerprint density at radius 1 is 1.38 bits per heavy atom. The number of rotatable bonds is 6. The van der Waals surface area contributed by atoms with Gasteiger partial charge >= 0.3 is 0 Å². The molecule has 92 valence electrons. The minimum absolute atomic E-state index is 0.631. The van der Waals surface area contributed by atoms with E-state index in [0.717, 1.165) is 19.6 Å². The van der Waals surface area contributed by atoms with Gasteiger partial charge in [-0.25, -0.2) is 0 Å². The van der Waals surface area contributed by atoms with E-state index in [4.69, 9.17) is 0 Å². The molecule has 1 aromatic rings. The molecule has 1 rings (SSSR count). The molecule has 0 amide bonds. The fourth-order valence-corrected chi connectivity index (χ4v) is 2.54. The van der Waals surface area contributed by atoms with Gasteiger partial charge < -0.3 is 10.2 Å². The van der Waals surface area contributed by atoms with Gasteiger partial charge in [0.1, 0.15) is 0 Å². The summed E-state index contributed by atoms with van der Waals surface area (Å²) in [5.74, 6) is 0. The zero-order chi connectivity index (χ0) is 12.1. The molecule has 0 atom stereocenters. The Labute approximate surface area is 104 Å². The molecule has 0 aromatic carbocycles. The van der Waals surface area contributed by atoms with Crippen molar-refractivity contribution >= 4 is 11.3 Å². The van der Waals surface area contributed by atoms with E-state index >= 15 is 0 Å². The van der Waals surface area contributed by atoms with Crippen LogP contribution in [0.25, 0.3) is 0 Å². The number of aryl methyl sites for hydroxylation is 2. The molecule has 0 aliphatic heterocycles. The third-order valence-electron chi connectivity index (χ3n) is 2.98. The third kappa shape index (κ3) is 4.24. The Hall–Kier alpha value is -0.380. The summed E-state index contributed by atoms with van der Waals surface area (Å²) in [6.07, 6.45) is 0. The molecule has 0 saturated heterocycles. The van der Waals surface area contributed by atoms with Crippen LogP contribution in [0, 0.1) is 13.8 Å². The van der Waals surface area contributed by atoms with Crippen LogP contribution in [0.1, 0.15) is 29.2 Å². The van der Waals surface area contributed by atoms with Crippen LogP contribution in [0.5, 0.6) is 0 Å². The monoisotopic (exact) mass is 240 g/mol. The molecule has 0 unspecified atom stereocenters.